The fraction of sp³-hybridized carbons (Fsp3) is 0.367. The van der Waals surface area contributed by atoms with E-state index in [0.29, 0.717) is 29.8 Å². The maximum Gasteiger partial charge on any atom is 0.224 e. The molecule has 6 rings (SSSR count). The highest BCUT2D eigenvalue weighted by Gasteiger charge is 2.79. The molecule has 216 valence electrons. The molecule has 3 heterocycles. The van der Waals surface area contributed by atoms with Crippen LogP contribution in [0.5, 0.6) is 11.6 Å². The lowest BCUT2D eigenvalue weighted by Crippen LogP contribution is -2.57. The summed E-state index contributed by atoms with van der Waals surface area (Å²) in [6.45, 7) is 0.715. The second-order valence-electron chi connectivity index (χ2n) is 10.6. The Hall–Kier alpha value is -4.04. The van der Waals surface area contributed by atoms with Gasteiger partial charge in [-0.2, -0.15) is 16.0 Å². The van der Waals surface area contributed by atoms with E-state index in [1.54, 1.807) is 48.5 Å². The summed E-state index contributed by atoms with van der Waals surface area (Å²) >= 11 is 0. The second kappa shape index (κ2) is 10.3. The molecule has 0 spiro atoms. The van der Waals surface area contributed by atoms with E-state index in [2.05, 4.69) is 16.5 Å². The van der Waals surface area contributed by atoms with Crippen molar-refractivity contribution in [1.82, 2.24) is 14.8 Å². The molecule has 5 atom stereocenters. The average molecular weight is 588 g/mol. The van der Waals surface area contributed by atoms with Crippen LogP contribution in [0.1, 0.15) is 46.7 Å². The van der Waals surface area contributed by atoms with Gasteiger partial charge in [-0.3, -0.25) is 0 Å². The van der Waals surface area contributed by atoms with Gasteiger partial charge < -0.3 is 19.4 Å². The summed E-state index contributed by atoms with van der Waals surface area (Å²) in [5.74, 6) is -0.945. The lowest BCUT2D eigenvalue weighted by Gasteiger charge is -2.41. The average Bonchev–Trinajstić information content (AvgIpc) is 3.70. The summed E-state index contributed by atoms with van der Waals surface area (Å²) in [5, 5.41) is 31.2. The van der Waals surface area contributed by atoms with Crippen LogP contribution in [-0.4, -0.2) is 61.4 Å². The molecule has 1 aliphatic carbocycles. The smallest absolute Gasteiger partial charge is 0.224 e. The summed E-state index contributed by atoms with van der Waals surface area (Å²) in [6, 6.07) is 19.8. The fourth-order valence-corrected chi connectivity index (χ4v) is 9.40. The lowest BCUT2D eigenvalue weighted by atomic mass is 9.71. The summed E-state index contributed by atoms with van der Waals surface area (Å²) in [7, 11) is -1.39. The van der Waals surface area contributed by atoms with Crippen LogP contribution in [0.25, 0.3) is 0 Å². The highest BCUT2D eigenvalue weighted by Crippen LogP contribution is 2.69. The van der Waals surface area contributed by atoms with E-state index in [-0.39, 0.29) is 22.9 Å². The highest BCUT2D eigenvalue weighted by atomic mass is 32.2. The maximum atomic E-state index is 14.6. The zero-order valence-electron chi connectivity index (χ0n) is 23.0. The van der Waals surface area contributed by atoms with E-state index in [1.807, 2.05) is 12.1 Å². The molecule has 3 aromatic rings. The Balaban J connectivity index is 1.75. The van der Waals surface area contributed by atoms with Crippen LogP contribution in [0, 0.1) is 22.7 Å². The van der Waals surface area contributed by atoms with Crippen molar-refractivity contribution < 1.29 is 27.8 Å². The van der Waals surface area contributed by atoms with E-state index in [0.717, 1.165) is 12.8 Å². The quantitative estimate of drug-likeness (QED) is 0.393. The van der Waals surface area contributed by atoms with Crippen LogP contribution < -0.4 is 15.0 Å². The third kappa shape index (κ3) is 3.77. The van der Waals surface area contributed by atoms with Crippen LogP contribution in [-0.2, 0) is 26.1 Å². The minimum atomic E-state index is -4.10. The van der Waals surface area contributed by atoms with Crippen LogP contribution >= 0.6 is 0 Å². The molecule has 3 aliphatic rings. The monoisotopic (exact) mass is 587 g/mol. The summed E-state index contributed by atoms with van der Waals surface area (Å²) < 4.78 is 43.2. The molecule has 2 N–H and O–H groups in total. The molecule has 0 amide bonds. The molecule has 0 unspecified atom stereocenters. The van der Waals surface area contributed by atoms with Crippen molar-refractivity contribution in [2.24, 2.45) is 0 Å². The van der Waals surface area contributed by atoms with E-state index in [1.165, 1.54) is 24.6 Å². The third-order valence-electron chi connectivity index (χ3n) is 8.64. The Morgan fingerprint density at radius 3 is 2.36 bits per heavy atom. The van der Waals surface area contributed by atoms with Gasteiger partial charge in [0.05, 0.1) is 43.4 Å². The minimum absolute atomic E-state index is 0.00194. The second-order valence-corrected chi connectivity index (χ2v) is 12.7. The highest BCUT2D eigenvalue weighted by molar-refractivity contribution is 7.89. The first-order valence-corrected chi connectivity index (χ1v) is 15.0. The zero-order chi connectivity index (χ0) is 29.7. The molecule has 0 bridgehead atoms. The number of nitrogens with zero attached hydrogens (tertiary/aromatic N) is 4. The van der Waals surface area contributed by atoms with Crippen LogP contribution in [0.4, 0.5) is 0 Å². The molecule has 1 saturated carbocycles. The molecule has 1 saturated heterocycles. The van der Waals surface area contributed by atoms with Gasteiger partial charge in [0.2, 0.25) is 15.9 Å². The number of fused-ring (bicyclic) bond motifs is 3. The Kier molecular flexibility index (Phi) is 6.92. The maximum absolute atomic E-state index is 14.6. The summed E-state index contributed by atoms with van der Waals surface area (Å²) in [6.07, 6.45) is 1.45. The number of sulfonamides is 1. The number of benzene rings is 2. The van der Waals surface area contributed by atoms with Crippen molar-refractivity contribution in [3.63, 3.8) is 0 Å². The SMILES string of the molecule is CON[C@@H]1[C@H](S(=O)(=O)N2CCCC2)[C@@H](c2ccccc2)[C@]2(c3ccc(C#N)cc3)Oc3cc(C#N)nc(OC)c3[C@]12O. The number of aromatic nitrogens is 1. The Morgan fingerprint density at radius 1 is 1.07 bits per heavy atom. The molecule has 1 aromatic heterocycles. The Labute approximate surface area is 243 Å². The number of ether oxygens (including phenoxy) is 2. The Bertz CT molecular complexity index is 1700. The van der Waals surface area contributed by atoms with Crippen molar-refractivity contribution >= 4 is 10.0 Å². The van der Waals surface area contributed by atoms with Gasteiger partial charge in [0.1, 0.15) is 22.8 Å². The van der Waals surface area contributed by atoms with E-state index in [4.69, 9.17) is 14.3 Å². The van der Waals surface area contributed by atoms with Crippen LogP contribution in [0.3, 0.4) is 0 Å². The summed E-state index contributed by atoms with van der Waals surface area (Å²) in [4.78, 5) is 9.72. The summed E-state index contributed by atoms with van der Waals surface area (Å²) in [5.41, 5.74) is 0.399. The first kappa shape index (κ1) is 28.1. The van der Waals surface area contributed by atoms with E-state index >= 15 is 0 Å². The number of hydroxylamine groups is 1. The van der Waals surface area contributed by atoms with Crippen molar-refractivity contribution in [2.75, 3.05) is 27.3 Å². The molecule has 2 aliphatic heterocycles. The molecule has 42 heavy (non-hydrogen) atoms. The fourth-order valence-electron chi connectivity index (χ4n) is 6.99. The van der Waals surface area contributed by atoms with E-state index in [9.17, 15) is 24.0 Å². The van der Waals surface area contributed by atoms with Crippen molar-refractivity contribution in [3.05, 3.63) is 88.6 Å². The molecule has 2 aromatic carbocycles. The minimum Gasteiger partial charge on any atom is -0.481 e. The Morgan fingerprint density at radius 2 is 1.76 bits per heavy atom. The third-order valence-corrected chi connectivity index (χ3v) is 11.0. The van der Waals surface area contributed by atoms with Gasteiger partial charge in [-0.25, -0.2) is 17.7 Å². The van der Waals surface area contributed by atoms with Gasteiger partial charge in [-0.15, -0.1) is 0 Å². The number of rotatable bonds is 7. The standard InChI is InChI=1S/C30H29N5O6S/c1-39-28-25-23(16-22(18-32)33-28)41-30(21-12-10-19(17-31)11-13-21)24(20-8-4-3-5-9-20)26(27(34-40-2)29(25,30)36)42(37,38)35-14-6-7-15-35/h3-5,8-13,16,24,26-27,34,36H,6-7,14-15H2,1-2H3/t24-,26-,27-,29+,30+/m1/s1. The number of methoxy groups -OCH3 is 1. The first-order chi connectivity index (χ1) is 20.3. The van der Waals surface area contributed by atoms with Crippen molar-refractivity contribution in [1.29, 1.82) is 10.5 Å². The van der Waals surface area contributed by atoms with Crippen molar-refractivity contribution in [3.8, 4) is 23.8 Å². The number of pyridine rings is 1. The predicted molar refractivity (Wildman–Crippen MR) is 149 cm³/mol. The molecule has 2 fully saturated rings. The van der Waals surface area contributed by atoms with Gasteiger partial charge in [-0.1, -0.05) is 42.5 Å². The normalized spacial score (nSPS) is 28.4. The van der Waals surface area contributed by atoms with E-state index < -0.39 is 38.4 Å². The predicted octanol–water partition coefficient (Wildman–Crippen LogP) is 2.42. The molecule has 12 heteroatoms. The number of hydrogen-bond acceptors (Lipinski definition) is 10. The molecule has 0 radical (unpaired) electrons. The van der Waals surface area contributed by atoms with Gasteiger partial charge in [0.25, 0.3) is 0 Å². The molecular formula is C30H29N5O6S. The largest absolute Gasteiger partial charge is 0.481 e. The van der Waals surface area contributed by atoms with Crippen LogP contribution in [0.2, 0.25) is 0 Å². The van der Waals surface area contributed by atoms with Crippen molar-refractivity contribution in [2.45, 2.75) is 41.3 Å². The van der Waals surface area contributed by atoms with Gasteiger partial charge in [-0.05, 0) is 36.1 Å². The number of nitriles is 2. The zero-order valence-corrected chi connectivity index (χ0v) is 23.8. The van der Waals surface area contributed by atoms with Gasteiger partial charge in [0, 0.05) is 19.2 Å². The van der Waals surface area contributed by atoms with Gasteiger partial charge in [0.15, 0.2) is 11.2 Å². The number of aliphatic hydroxyl groups is 1. The van der Waals surface area contributed by atoms with Crippen LogP contribution in [0.15, 0.2) is 60.7 Å². The number of nitrogens with one attached hydrogen (secondary N) is 1. The number of hydrogen-bond donors (Lipinski definition) is 2. The first-order valence-electron chi connectivity index (χ1n) is 13.5. The lowest BCUT2D eigenvalue weighted by molar-refractivity contribution is -0.136. The topological polar surface area (TPSA) is 158 Å². The molecule has 11 nitrogen and oxygen atoms in total. The molecular weight excluding hydrogens is 558 g/mol. The van der Waals surface area contributed by atoms with Gasteiger partial charge >= 0.3 is 0 Å².